The summed E-state index contributed by atoms with van der Waals surface area (Å²) in [6, 6.07) is 13.2. The van der Waals surface area contributed by atoms with Crippen molar-refractivity contribution in [3.63, 3.8) is 0 Å². The van der Waals surface area contributed by atoms with Crippen molar-refractivity contribution >= 4 is 39.0 Å². The number of hydrogen-bond acceptors (Lipinski definition) is 6. The molecule has 0 saturated carbocycles. The molecule has 0 unspecified atom stereocenters. The van der Waals surface area contributed by atoms with Crippen molar-refractivity contribution in [2.45, 2.75) is 34.1 Å². The number of nitrogens with zero attached hydrogens (tertiary/aromatic N) is 2. The summed E-state index contributed by atoms with van der Waals surface area (Å²) in [6.07, 6.45) is 0.169. The third-order valence-corrected chi connectivity index (χ3v) is 6.45. The van der Waals surface area contributed by atoms with E-state index in [1.54, 1.807) is 18.4 Å². The van der Waals surface area contributed by atoms with E-state index in [0.29, 0.717) is 16.1 Å². The molecular weight excluding hydrogens is 450 g/mol. The Morgan fingerprint density at radius 2 is 1.88 bits per heavy atom. The first kappa shape index (κ1) is 23.4. The monoisotopic (exact) mass is 475 g/mol. The van der Waals surface area contributed by atoms with Crippen LogP contribution >= 0.6 is 11.3 Å². The highest BCUT2D eigenvalue weighted by atomic mass is 32.1. The van der Waals surface area contributed by atoms with Gasteiger partial charge in [0.2, 0.25) is 5.91 Å². The average molecular weight is 476 g/mol. The fraction of sp³-hybridized carbons (Fsp3) is 0.231. The van der Waals surface area contributed by atoms with E-state index in [4.69, 9.17) is 4.74 Å². The maximum atomic E-state index is 13.5. The smallest absolute Gasteiger partial charge is 0.359 e. The Hall–Kier alpha value is -3.78. The van der Waals surface area contributed by atoms with Crippen molar-refractivity contribution in [2.75, 3.05) is 11.9 Å². The molecule has 8 heteroatoms. The number of nitrogens with one attached hydrogen (secondary N) is 1. The van der Waals surface area contributed by atoms with Crippen LogP contribution in [0.5, 0.6) is 0 Å². The van der Waals surface area contributed by atoms with Gasteiger partial charge in [0.1, 0.15) is 5.00 Å². The van der Waals surface area contributed by atoms with E-state index < -0.39 is 11.5 Å². The molecule has 2 aromatic heterocycles. The van der Waals surface area contributed by atoms with Crippen molar-refractivity contribution < 1.29 is 14.3 Å². The Morgan fingerprint density at radius 3 is 2.59 bits per heavy atom. The standard InChI is InChI=1S/C26H25N3O4S/c1-5-33-26(32)23-20-14-34-24(27-21(30)13-18-8-6-7-15(2)11-18)22(20)25(31)29(28-23)19-10-9-16(3)17(4)12-19/h6-12,14H,5,13H2,1-4H3,(H,27,30). The Kier molecular flexibility index (Phi) is 6.61. The van der Waals surface area contributed by atoms with Crippen molar-refractivity contribution in [2.24, 2.45) is 0 Å². The summed E-state index contributed by atoms with van der Waals surface area (Å²) in [4.78, 5) is 39.0. The van der Waals surface area contributed by atoms with Gasteiger partial charge in [-0.05, 0) is 56.5 Å². The van der Waals surface area contributed by atoms with Crippen molar-refractivity contribution in [1.29, 1.82) is 0 Å². The third kappa shape index (κ3) is 4.63. The molecule has 0 aliphatic heterocycles. The lowest BCUT2D eigenvalue weighted by atomic mass is 10.1. The fourth-order valence-electron chi connectivity index (χ4n) is 3.70. The summed E-state index contributed by atoms with van der Waals surface area (Å²) in [7, 11) is 0. The fourth-order valence-corrected chi connectivity index (χ4v) is 4.66. The van der Waals surface area contributed by atoms with Gasteiger partial charge < -0.3 is 10.1 Å². The lowest BCUT2D eigenvalue weighted by molar-refractivity contribution is -0.115. The van der Waals surface area contributed by atoms with Gasteiger partial charge in [-0.2, -0.15) is 9.78 Å². The Bertz CT molecular complexity index is 1470. The van der Waals surface area contributed by atoms with Gasteiger partial charge in [-0.15, -0.1) is 11.3 Å². The van der Waals surface area contributed by atoms with Crippen LogP contribution in [0, 0.1) is 20.8 Å². The zero-order chi connectivity index (χ0) is 24.4. The van der Waals surface area contributed by atoms with Crippen LogP contribution in [0.3, 0.4) is 0 Å². The molecule has 2 heterocycles. The van der Waals surface area contributed by atoms with Crippen molar-refractivity contribution in [1.82, 2.24) is 9.78 Å². The van der Waals surface area contributed by atoms with E-state index in [-0.39, 0.29) is 30.0 Å². The van der Waals surface area contributed by atoms with Crippen LogP contribution in [-0.4, -0.2) is 28.3 Å². The molecule has 0 bridgehead atoms. The number of ether oxygens (including phenoxy) is 1. The van der Waals surface area contributed by atoms with Gasteiger partial charge >= 0.3 is 5.97 Å². The second-order valence-electron chi connectivity index (χ2n) is 8.12. The molecule has 0 spiro atoms. The maximum Gasteiger partial charge on any atom is 0.359 e. The summed E-state index contributed by atoms with van der Waals surface area (Å²) < 4.78 is 6.39. The van der Waals surface area contributed by atoms with Crippen LogP contribution in [0.2, 0.25) is 0 Å². The molecular formula is C26H25N3O4S. The van der Waals surface area contributed by atoms with E-state index in [0.717, 1.165) is 22.3 Å². The van der Waals surface area contributed by atoms with Gasteiger partial charge in [0.05, 0.1) is 24.1 Å². The van der Waals surface area contributed by atoms with E-state index >= 15 is 0 Å². The summed E-state index contributed by atoms with van der Waals surface area (Å²) in [5, 5.41) is 9.84. The predicted molar refractivity (Wildman–Crippen MR) is 134 cm³/mol. The number of esters is 1. The lowest BCUT2D eigenvalue weighted by Crippen LogP contribution is -2.26. The minimum absolute atomic E-state index is 0.0325. The molecule has 174 valence electrons. The minimum atomic E-state index is -0.625. The largest absolute Gasteiger partial charge is 0.461 e. The highest BCUT2D eigenvalue weighted by Crippen LogP contribution is 2.31. The molecule has 0 atom stereocenters. The molecule has 0 aliphatic rings. The molecule has 0 fully saturated rings. The predicted octanol–water partition coefficient (Wildman–Crippen LogP) is 4.73. The molecule has 1 amide bonds. The van der Waals surface area contributed by atoms with Crippen molar-refractivity contribution in [3.8, 4) is 5.69 Å². The maximum absolute atomic E-state index is 13.5. The number of rotatable bonds is 6. The summed E-state index contributed by atoms with van der Waals surface area (Å²) >= 11 is 1.19. The summed E-state index contributed by atoms with van der Waals surface area (Å²) in [6.45, 7) is 7.76. The van der Waals surface area contributed by atoms with Crippen LogP contribution in [0.1, 0.15) is 39.7 Å². The number of aryl methyl sites for hydroxylation is 3. The molecule has 0 aliphatic carbocycles. The number of carbonyl (C=O) groups is 2. The molecule has 34 heavy (non-hydrogen) atoms. The quantitative estimate of drug-likeness (QED) is 0.407. The zero-order valence-electron chi connectivity index (χ0n) is 19.5. The SMILES string of the molecule is CCOC(=O)c1nn(-c2ccc(C)c(C)c2)c(=O)c2c(NC(=O)Cc3cccc(C)c3)scc12. The number of amides is 1. The van der Waals surface area contributed by atoms with Crippen LogP contribution in [-0.2, 0) is 16.0 Å². The zero-order valence-corrected chi connectivity index (χ0v) is 20.3. The summed E-state index contributed by atoms with van der Waals surface area (Å²) in [5.74, 6) is -0.874. The first-order chi connectivity index (χ1) is 16.3. The van der Waals surface area contributed by atoms with Crippen LogP contribution in [0.25, 0.3) is 16.5 Å². The van der Waals surface area contributed by atoms with Gasteiger partial charge in [0.25, 0.3) is 5.56 Å². The first-order valence-electron chi connectivity index (χ1n) is 10.9. The summed E-state index contributed by atoms with van der Waals surface area (Å²) in [5.41, 5.74) is 4.14. The number of fused-ring (bicyclic) bond motifs is 1. The van der Waals surface area contributed by atoms with Gasteiger partial charge in [0.15, 0.2) is 5.69 Å². The van der Waals surface area contributed by atoms with E-state index in [1.165, 1.54) is 16.0 Å². The Labute approximate surface area is 201 Å². The molecule has 0 radical (unpaired) electrons. The lowest BCUT2D eigenvalue weighted by Gasteiger charge is -2.11. The van der Waals surface area contributed by atoms with Crippen LogP contribution in [0.4, 0.5) is 5.00 Å². The van der Waals surface area contributed by atoms with Gasteiger partial charge in [0, 0.05) is 10.8 Å². The second-order valence-corrected chi connectivity index (χ2v) is 9.00. The second kappa shape index (κ2) is 9.61. The van der Waals surface area contributed by atoms with Gasteiger partial charge in [-0.1, -0.05) is 35.9 Å². The number of hydrogen-bond donors (Lipinski definition) is 1. The molecule has 7 nitrogen and oxygen atoms in total. The topological polar surface area (TPSA) is 90.3 Å². The third-order valence-electron chi connectivity index (χ3n) is 5.56. The van der Waals surface area contributed by atoms with Gasteiger partial charge in [-0.3, -0.25) is 9.59 Å². The number of anilines is 1. The van der Waals surface area contributed by atoms with E-state index in [1.807, 2.05) is 57.2 Å². The molecule has 4 rings (SSSR count). The van der Waals surface area contributed by atoms with E-state index in [9.17, 15) is 14.4 Å². The number of aromatic nitrogens is 2. The average Bonchev–Trinajstić information content (AvgIpc) is 3.20. The normalized spacial score (nSPS) is 10.9. The number of thiophene rings is 1. The number of benzene rings is 2. The molecule has 2 aromatic carbocycles. The molecule has 0 saturated heterocycles. The molecule has 4 aromatic rings. The van der Waals surface area contributed by atoms with Gasteiger partial charge in [-0.25, -0.2) is 4.79 Å². The first-order valence-corrected chi connectivity index (χ1v) is 11.8. The highest BCUT2D eigenvalue weighted by Gasteiger charge is 2.23. The Morgan fingerprint density at radius 1 is 1.09 bits per heavy atom. The van der Waals surface area contributed by atoms with Crippen molar-refractivity contribution in [3.05, 3.63) is 86.1 Å². The number of carbonyl (C=O) groups excluding carboxylic acids is 2. The molecule has 1 N–H and O–H groups in total. The Balaban J connectivity index is 1.81. The van der Waals surface area contributed by atoms with Crippen LogP contribution in [0.15, 0.2) is 52.6 Å². The van der Waals surface area contributed by atoms with E-state index in [2.05, 4.69) is 10.4 Å². The van der Waals surface area contributed by atoms with Crippen LogP contribution < -0.4 is 10.9 Å². The highest BCUT2D eigenvalue weighted by molar-refractivity contribution is 7.16. The minimum Gasteiger partial charge on any atom is -0.461 e.